The molecule has 5 aromatic heterocycles. The van der Waals surface area contributed by atoms with Crippen LogP contribution in [0.4, 0.5) is 0 Å². The maximum atomic E-state index is 6.77. The molecule has 2 unspecified atom stereocenters. The predicted molar refractivity (Wildman–Crippen MR) is 302 cm³/mol. The Hall–Kier alpha value is -8.42. The minimum Gasteiger partial charge on any atom is -0.454 e. The summed E-state index contributed by atoms with van der Waals surface area (Å²) >= 11 is 0. The summed E-state index contributed by atoms with van der Waals surface area (Å²) in [6, 6.07) is 58.4. The van der Waals surface area contributed by atoms with Crippen LogP contribution in [0.25, 0.3) is 121 Å². The molecule has 0 aliphatic heterocycles. The first-order valence-electron chi connectivity index (χ1n) is 25.7. The van der Waals surface area contributed by atoms with Crippen molar-refractivity contribution >= 4 is 93.1 Å². The molecule has 7 nitrogen and oxygen atoms in total. The van der Waals surface area contributed by atoms with E-state index in [2.05, 4.69) is 221 Å². The van der Waals surface area contributed by atoms with Crippen molar-refractivity contribution in [1.82, 2.24) is 24.1 Å². The van der Waals surface area contributed by atoms with Crippen LogP contribution in [0.2, 0.25) is 0 Å². The Bertz CT molecular complexity index is 4380. The summed E-state index contributed by atoms with van der Waals surface area (Å²) in [4.78, 5) is 1.76. The molecule has 5 heterocycles. The van der Waals surface area contributed by atoms with Crippen molar-refractivity contribution in [2.24, 2.45) is 22.7 Å². The molecule has 14 rings (SSSR count). The summed E-state index contributed by atoms with van der Waals surface area (Å²) < 4.78 is 18.0. The quantitative estimate of drug-likeness (QED) is 0.152. The number of para-hydroxylation sites is 5. The van der Waals surface area contributed by atoms with Crippen LogP contribution in [0.5, 0.6) is 0 Å². The van der Waals surface area contributed by atoms with Gasteiger partial charge in [0.15, 0.2) is 17.0 Å². The lowest BCUT2D eigenvalue weighted by Crippen LogP contribution is -2.27. The fourth-order valence-electron chi connectivity index (χ4n) is 12.0. The lowest BCUT2D eigenvalue weighted by Gasteiger charge is -2.36. The van der Waals surface area contributed by atoms with Crippen LogP contribution in [-0.2, 0) is 0 Å². The Morgan fingerprint density at radius 2 is 1.08 bits per heavy atom. The lowest BCUT2D eigenvalue weighted by molar-refractivity contribution is 0.148. The summed E-state index contributed by atoms with van der Waals surface area (Å²) in [5.41, 5.74) is 14.7. The largest absolute Gasteiger partial charge is 0.454 e. The molecular formula is C66H55N5O2. The molecule has 356 valence electrons. The Morgan fingerprint density at radius 3 is 1.79 bits per heavy atom. The summed E-state index contributed by atoms with van der Waals surface area (Å²) in [6.07, 6.45) is 11.4. The standard InChI is InChI=1S/C66H55N5O2/c1-65(2,3)38-45(66(4,5)6)33-40-26-27-41(32-40)44-36-53-49-19-10-14-25-60(49)72-64(53)59(37-44)71-67-39-62(68-71)70-56-23-13-9-18-48(56)51-34-42(28-30-57(51)70)43-29-31-61-52(35-43)50-20-15-24-58(63(50)73-61)69-54-21-11-7-16-46(54)47-17-8-12-22-55(47)69/h7-32,34-37,39-40,45H,33,38H2,1-6H3. The number of benzene rings is 8. The topological polar surface area (TPSA) is 66.8 Å². The number of fused-ring (bicyclic) bond motifs is 12. The van der Waals surface area contributed by atoms with Crippen molar-refractivity contribution in [1.29, 1.82) is 0 Å². The highest BCUT2D eigenvalue weighted by Gasteiger charge is 2.31. The van der Waals surface area contributed by atoms with Crippen molar-refractivity contribution < 1.29 is 8.83 Å². The molecule has 13 aromatic rings. The number of nitrogens with zero attached hydrogens (tertiary/aromatic N) is 5. The normalized spacial score (nSPS) is 14.9. The van der Waals surface area contributed by atoms with Crippen LogP contribution in [0, 0.1) is 22.7 Å². The van der Waals surface area contributed by atoms with Gasteiger partial charge in [-0.25, -0.2) is 0 Å². The number of allylic oxidation sites excluding steroid dienone is 4. The lowest BCUT2D eigenvalue weighted by atomic mass is 9.69. The number of rotatable bonds is 8. The van der Waals surface area contributed by atoms with Gasteiger partial charge in [-0.3, -0.25) is 4.57 Å². The van der Waals surface area contributed by atoms with Gasteiger partial charge in [-0.15, -0.1) is 9.90 Å². The first kappa shape index (κ1) is 43.4. The molecule has 0 saturated heterocycles. The zero-order valence-electron chi connectivity index (χ0n) is 42.0. The third kappa shape index (κ3) is 7.08. The molecule has 73 heavy (non-hydrogen) atoms. The molecule has 1 aliphatic carbocycles. The van der Waals surface area contributed by atoms with E-state index >= 15 is 0 Å². The molecule has 0 saturated carbocycles. The van der Waals surface area contributed by atoms with Crippen LogP contribution in [0.3, 0.4) is 0 Å². The van der Waals surface area contributed by atoms with Gasteiger partial charge in [-0.05, 0) is 125 Å². The molecule has 8 aromatic carbocycles. The van der Waals surface area contributed by atoms with Crippen LogP contribution in [0.15, 0.2) is 197 Å². The second-order valence-electron chi connectivity index (χ2n) is 22.6. The fourth-order valence-corrected chi connectivity index (χ4v) is 12.0. The Kier molecular flexibility index (Phi) is 9.53. The van der Waals surface area contributed by atoms with E-state index in [9.17, 15) is 0 Å². The van der Waals surface area contributed by atoms with Crippen LogP contribution < -0.4 is 0 Å². The number of hydrogen-bond donors (Lipinski definition) is 0. The summed E-state index contributed by atoms with van der Waals surface area (Å²) in [7, 11) is 0. The number of aromatic nitrogens is 5. The maximum Gasteiger partial charge on any atom is 0.180 e. The van der Waals surface area contributed by atoms with Crippen LogP contribution in [-0.4, -0.2) is 24.1 Å². The second kappa shape index (κ2) is 16.0. The van der Waals surface area contributed by atoms with E-state index in [1.54, 1.807) is 4.80 Å². The van der Waals surface area contributed by atoms with Crippen molar-refractivity contribution in [3.05, 3.63) is 194 Å². The number of furan rings is 2. The van der Waals surface area contributed by atoms with Gasteiger partial charge in [0.05, 0.1) is 34.0 Å². The fraction of sp³-hybridized carbons (Fsp3) is 0.182. The van der Waals surface area contributed by atoms with E-state index in [0.29, 0.717) is 11.8 Å². The highest BCUT2D eigenvalue weighted by molar-refractivity contribution is 6.14. The molecule has 0 N–H and O–H groups in total. The second-order valence-corrected chi connectivity index (χ2v) is 22.6. The van der Waals surface area contributed by atoms with Gasteiger partial charge >= 0.3 is 0 Å². The van der Waals surface area contributed by atoms with Crippen LogP contribution in [0.1, 0.15) is 59.9 Å². The van der Waals surface area contributed by atoms with Gasteiger partial charge < -0.3 is 13.4 Å². The Morgan fingerprint density at radius 1 is 0.507 bits per heavy atom. The van der Waals surface area contributed by atoms with Crippen molar-refractivity contribution in [2.75, 3.05) is 0 Å². The van der Waals surface area contributed by atoms with Crippen molar-refractivity contribution in [3.63, 3.8) is 0 Å². The molecule has 0 amide bonds. The number of hydrogen-bond acceptors (Lipinski definition) is 4. The van der Waals surface area contributed by atoms with E-state index in [1.165, 1.54) is 22.8 Å². The molecular weight excluding hydrogens is 895 g/mol. The molecule has 0 bridgehead atoms. The van der Waals surface area contributed by atoms with E-state index in [-0.39, 0.29) is 10.8 Å². The van der Waals surface area contributed by atoms with Gasteiger partial charge in [0, 0.05) is 43.1 Å². The molecule has 0 spiro atoms. The van der Waals surface area contributed by atoms with Gasteiger partial charge in [-0.2, -0.15) is 5.10 Å². The first-order valence-corrected chi connectivity index (χ1v) is 25.7. The average molecular weight is 950 g/mol. The highest BCUT2D eigenvalue weighted by atomic mass is 16.3. The van der Waals surface area contributed by atoms with E-state index in [4.69, 9.17) is 19.0 Å². The first-order chi connectivity index (χ1) is 35.4. The molecule has 0 fully saturated rings. The minimum atomic E-state index is 0.218. The predicted octanol–water partition coefficient (Wildman–Crippen LogP) is 18.0. The Balaban J connectivity index is 0.846. The third-order valence-electron chi connectivity index (χ3n) is 15.6. The summed E-state index contributed by atoms with van der Waals surface area (Å²) in [6.45, 7) is 14.3. The third-order valence-corrected chi connectivity index (χ3v) is 15.6. The van der Waals surface area contributed by atoms with E-state index in [1.807, 2.05) is 18.3 Å². The molecule has 0 radical (unpaired) electrons. The maximum absolute atomic E-state index is 6.77. The summed E-state index contributed by atoms with van der Waals surface area (Å²) in [5, 5.41) is 19.3. The SMILES string of the molecule is CC(C)(C)CC(CC1C=CC(c2cc(-n3ncc(-n4c5ccccc5c5cc(-c6ccc7oc8c(-n9c%10ccccc%10c%10ccccc%109)cccc8c7c6)ccc54)n3)c3oc4ccccc4c3c2)=C1)C(C)(C)C. The van der Waals surface area contributed by atoms with Gasteiger partial charge in [0.25, 0.3) is 0 Å². The average Bonchev–Trinajstić information content (AvgIpc) is 4.27. The van der Waals surface area contributed by atoms with E-state index < -0.39 is 0 Å². The molecule has 1 aliphatic rings. The van der Waals surface area contributed by atoms with Gasteiger partial charge in [0.2, 0.25) is 0 Å². The summed E-state index contributed by atoms with van der Waals surface area (Å²) in [5.74, 6) is 1.69. The van der Waals surface area contributed by atoms with Crippen molar-refractivity contribution in [2.45, 2.75) is 54.4 Å². The smallest absolute Gasteiger partial charge is 0.180 e. The van der Waals surface area contributed by atoms with Crippen molar-refractivity contribution in [3.8, 4) is 28.3 Å². The Labute approximate surface area is 423 Å². The highest BCUT2D eigenvalue weighted by Crippen LogP contribution is 2.45. The monoisotopic (exact) mass is 949 g/mol. The van der Waals surface area contributed by atoms with Crippen LogP contribution >= 0.6 is 0 Å². The zero-order valence-corrected chi connectivity index (χ0v) is 42.0. The minimum absolute atomic E-state index is 0.218. The van der Waals surface area contributed by atoms with Gasteiger partial charge in [0.1, 0.15) is 16.9 Å². The molecule has 2 atom stereocenters. The van der Waals surface area contributed by atoms with E-state index in [0.717, 1.165) is 117 Å². The van der Waals surface area contributed by atoms with Gasteiger partial charge in [-0.1, -0.05) is 157 Å². The molecule has 7 heteroatoms. The zero-order chi connectivity index (χ0) is 49.3.